The van der Waals surface area contributed by atoms with Crippen LogP contribution in [0.2, 0.25) is 0 Å². The molecule has 0 aliphatic heterocycles. The molecular formula is C18H22N2O. The summed E-state index contributed by atoms with van der Waals surface area (Å²) in [7, 11) is 0. The van der Waals surface area contributed by atoms with Gasteiger partial charge in [-0.2, -0.15) is 0 Å². The van der Waals surface area contributed by atoms with E-state index in [1.807, 2.05) is 30.3 Å². The van der Waals surface area contributed by atoms with Gasteiger partial charge in [-0.25, -0.2) is 4.79 Å². The Bertz CT molecular complexity index is 608. The van der Waals surface area contributed by atoms with Gasteiger partial charge in [-0.05, 0) is 49.1 Å². The lowest BCUT2D eigenvalue weighted by Crippen LogP contribution is -2.32. The van der Waals surface area contributed by atoms with E-state index in [-0.39, 0.29) is 12.1 Å². The van der Waals surface area contributed by atoms with E-state index in [1.165, 1.54) is 11.1 Å². The van der Waals surface area contributed by atoms with Crippen molar-refractivity contribution in [2.75, 3.05) is 5.32 Å². The van der Waals surface area contributed by atoms with Gasteiger partial charge < -0.3 is 10.6 Å². The van der Waals surface area contributed by atoms with E-state index in [9.17, 15) is 4.79 Å². The number of benzene rings is 2. The van der Waals surface area contributed by atoms with Crippen LogP contribution in [0.3, 0.4) is 0 Å². The molecule has 1 unspecified atom stereocenters. The summed E-state index contributed by atoms with van der Waals surface area (Å²) in [5.41, 5.74) is 4.45. The molecule has 0 spiro atoms. The van der Waals surface area contributed by atoms with Gasteiger partial charge in [0, 0.05) is 5.69 Å². The molecule has 0 aliphatic carbocycles. The minimum atomic E-state index is -0.175. The molecule has 3 heteroatoms. The van der Waals surface area contributed by atoms with Gasteiger partial charge in [0.15, 0.2) is 0 Å². The van der Waals surface area contributed by atoms with Gasteiger partial charge in [-0.15, -0.1) is 0 Å². The van der Waals surface area contributed by atoms with E-state index in [1.54, 1.807) is 0 Å². The molecule has 2 rings (SSSR count). The van der Waals surface area contributed by atoms with E-state index >= 15 is 0 Å². The standard InChI is InChI=1S/C18H22N2O/c1-4-17(15-11-10-13(2)14(3)12-15)20-18(21)19-16-8-6-5-7-9-16/h5-12,17H,4H2,1-3H3,(H2,19,20,21). The first-order valence-electron chi connectivity index (χ1n) is 7.30. The predicted molar refractivity (Wildman–Crippen MR) is 87.5 cm³/mol. The first-order valence-corrected chi connectivity index (χ1v) is 7.30. The molecule has 0 saturated carbocycles. The number of urea groups is 1. The summed E-state index contributed by atoms with van der Waals surface area (Å²) in [4.78, 5) is 12.1. The van der Waals surface area contributed by atoms with Gasteiger partial charge in [-0.3, -0.25) is 0 Å². The number of para-hydroxylation sites is 1. The Morgan fingerprint density at radius 3 is 2.38 bits per heavy atom. The first kappa shape index (κ1) is 15.1. The van der Waals surface area contributed by atoms with E-state index in [4.69, 9.17) is 0 Å². The lowest BCUT2D eigenvalue weighted by atomic mass is 9.99. The summed E-state index contributed by atoms with van der Waals surface area (Å²) in [5, 5.41) is 5.88. The van der Waals surface area contributed by atoms with Crippen LogP contribution in [0.25, 0.3) is 0 Å². The van der Waals surface area contributed by atoms with Crippen LogP contribution in [0.5, 0.6) is 0 Å². The first-order chi connectivity index (χ1) is 10.1. The highest BCUT2D eigenvalue weighted by atomic mass is 16.2. The van der Waals surface area contributed by atoms with E-state index in [0.29, 0.717) is 0 Å². The Hall–Kier alpha value is -2.29. The Morgan fingerprint density at radius 1 is 1.05 bits per heavy atom. The maximum Gasteiger partial charge on any atom is 0.319 e. The lowest BCUT2D eigenvalue weighted by molar-refractivity contribution is 0.248. The fourth-order valence-corrected chi connectivity index (χ4v) is 2.25. The summed E-state index contributed by atoms with van der Waals surface area (Å²) in [6.07, 6.45) is 0.852. The van der Waals surface area contributed by atoms with E-state index in [0.717, 1.165) is 17.7 Å². The molecule has 2 aromatic carbocycles. The zero-order valence-electron chi connectivity index (χ0n) is 12.8. The van der Waals surface area contributed by atoms with Crippen LogP contribution >= 0.6 is 0 Å². The number of carbonyl (C=O) groups excluding carboxylic acids is 1. The molecule has 0 fully saturated rings. The molecule has 0 saturated heterocycles. The monoisotopic (exact) mass is 282 g/mol. The van der Waals surface area contributed by atoms with E-state index in [2.05, 4.69) is 49.6 Å². The number of hydrogen-bond donors (Lipinski definition) is 2. The largest absolute Gasteiger partial charge is 0.331 e. The van der Waals surface area contributed by atoms with Gasteiger partial charge >= 0.3 is 6.03 Å². The number of nitrogens with one attached hydrogen (secondary N) is 2. The number of amides is 2. The third-order valence-electron chi connectivity index (χ3n) is 3.68. The molecule has 0 heterocycles. The average Bonchev–Trinajstić information content (AvgIpc) is 2.49. The Labute approximate surface area is 126 Å². The van der Waals surface area contributed by atoms with Gasteiger partial charge in [0.25, 0.3) is 0 Å². The molecule has 2 aromatic rings. The molecule has 110 valence electrons. The van der Waals surface area contributed by atoms with Crippen LogP contribution in [0.4, 0.5) is 10.5 Å². The minimum Gasteiger partial charge on any atom is -0.331 e. The van der Waals surface area contributed by atoms with Crippen molar-refractivity contribution in [3.63, 3.8) is 0 Å². The highest BCUT2D eigenvalue weighted by molar-refractivity contribution is 5.89. The minimum absolute atomic E-state index is 0.0213. The van der Waals surface area contributed by atoms with Crippen LogP contribution in [-0.2, 0) is 0 Å². The van der Waals surface area contributed by atoms with Crippen molar-refractivity contribution in [2.24, 2.45) is 0 Å². The molecule has 0 aliphatic rings. The summed E-state index contributed by atoms with van der Waals surface area (Å²) in [5.74, 6) is 0. The Kier molecular flexibility index (Phi) is 4.99. The van der Waals surface area contributed by atoms with Crippen molar-refractivity contribution in [3.05, 3.63) is 65.2 Å². The molecule has 2 N–H and O–H groups in total. The maximum absolute atomic E-state index is 12.1. The molecular weight excluding hydrogens is 260 g/mol. The molecule has 0 bridgehead atoms. The van der Waals surface area contributed by atoms with Crippen molar-refractivity contribution in [1.82, 2.24) is 5.32 Å². The lowest BCUT2D eigenvalue weighted by Gasteiger charge is -2.19. The summed E-state index contributed by atoms with van der Waals surface area (Å²) in [6.45, 7) is 6.26. The summed E-state index contributed by atoms with van der Waals surface area (Å²) in [6, 6.07) is 15.6. The Morgan fingerprint density at radius 2 is 1.76 bits per heavy atom. The van der Waals surface area contributed by atoms with Crippen LogP contribution in [0, 0.1) is 13.8 Å². The normalized spacial score (nSPS) is 11.8. The van der Waals surface area contributed by atoms with Crippen LogP contribution in [-0.4, -0.2) is 6.03 Å². The fourth-order valence-electron chi connectivity index (χ4n) is 2.25. The quantitative estimate of drug-likeness (QED) is 0.847. The van der Waals surface area contributed by atoms with Crippen LogP contribution in [0.1, 0.15) is 36.1 Å². The molecule has 2 amide bonds. The molecule has 3 nitrogen and oxygen atoms in total. The summed E-state index contributed by atoms with van der Waals surface area (Å²) < 4.78 is 0. The molecule has 0 aromatic heterocycles. The Balaban J connectivity index is 2.04. The third-order valence-corrected chi connectivity index (χ3v) is 3.68. The van der Waals surface area contributed by atoms with Crippen molar-refractivity contribution in [3.8, 4) is 0 Å². The zero-order valence-corrected chi connectivity index (χ0v) is 12.8. The maximum atomic E-state index is 12.1. The van der Waals surface area contributed by atoms with Crippen LogP contribution < -0.4 is 10.6 Å². The predicted octanol–water partition coefficient (Wildman–Crippen LogP) is 4.58. The van der Waals surface area contributed by atoms with Crippen molar-refractivity contribution in [2.45, 2.75) is 33.2 Å². The number of anilines is 1. The second-order valence-corrected chi connectivity index (χ2v) is 5.27. The van der Waals surface area contributed by atoms with Gasteiger partial charge in [-0.1, -0.05) is 43.3 Å². The average molecular weight is 282 g/mol. The van der Waals surface area contributed by atoms with Gasteiger partial charge in [0.1, 0.15) is 0 Å². The smallest absolute Gasteiger partial charge is 0.319 e. The molecule has 21 heavy (non-hydrogen) atoms. The van der Waals surface area contributed by atoms with Gasteiger partial charge in [0.05, 0.1) is 6.04 Å². The fraction of sp³-hybridized carbons (Fsp3) is 0.278. The second-order valence-electron chi connectivity index (χ2n) is 5.27. The third kappa shape index (κ3) is 4.09. The van der Waals surface area contributed by atoms with Crippen molar-refractivity contribution < 1.29 is 4.79 Å². The number of rotatable bonds is 4. The van der Waals surface area contributed by atoms with Crippen molar-refractivity contribution >= 4 is 11.7 Å². The number of hydrogen-bond acceptors (Lipinski definition) is 1. The van der Waals surface area contributed by atoms with Crippen LogP contribution in [0.15, 0.2) is 48.5 Å². The highest BCUT2D eigenvalue weighted by Gasteiger charge is 2.13. The highest BCUT2D eigenvalue weighted by Crippen LogP contribution is 2.20. The van der Waals surface area contributed by atoms with Crippen molar-refractivity contribution in [1.29, 1.82) is 0 Å². The SMILES string of the molecule is CCC(NC(=O)Nc1ccccc1)c1ccc(C)c(C)c1. The number of aryl methyl sites for hydroxylation is 2. The van der Waals surface area contributed by atoms with E-state index < -0.39 is 0 Å². The molecule has 0 radical (unpaired) electrons. The number of carbonyl (C=O) groups is 1. The zero-order chi connectivity index (χ0) is 15.2. The summed E-state index contributed by atoms with van der Waals surface area (Å²) >= 11 is 0. The molecule has 1 atom stereocenters. The van der Waals surface area contributed by atoms with Gasteiger partial charge in [0.2, 0.25) is 0 Å². The topological polar surface area (TPSA) is 41.1 Å². The second kappa shape index (κ2) is 6.93.